The lowest BCUT2D eigenvalue weighted by molar-refractivity contribution is 0.342. The summed E-state index contributed by atoms with van der Waals surface area (Å²) in [5.41, 5.74) is 7.16. The predicted molar refractivity (Wildman–Crippen MR) is 83.8 cm³/mol. The average molecular weight is 282 g/mol. The van der Waals surface area contributed by atoms with Crippen LogP contribution in [-0.2, 0) is 0 Å². The molecular weight excluding hydrogens is 255 g/mol. The first-order valence-electron chi connectivity index (χ1n) is 7.26. The molecular formula is C16H27FN2O. The third-order valence-corrected chi connectivity index (χ3v) is 3.54. The molecule has 0 fully saturated rings. The van der Waals surface area contributed by atoms with Gasteiger partial charge in [0.1, 0.15) is 0 Å². The van der Waals surface area contributed by atoms with Gasteiger partial charge in [0, 0.05) is 18.7 Å². The molecule has 20 heavy (non-hydrogen) atoms. The maximum Gasteiger partial charge on any atom is 0.167 e. The lowest BCUT2D eigenvalue weighted by Crippen LogP contribution is -2.23. The number of nitrogens with one attached hydrogen (secondary N) is 1. The van der Waals surface area contributed by atoms with Crippen molar-refractivity contribution in [2.24, 2.45) is 5.41 Å². The van der Waals surface area contributed by atoms with Gasteiger partial charge in [-0.25, -0.2) is 4.39 Å². The second kappa shape index (κ2) is 7.36. The summed E-state index contributed by atoms with van der Waals surface area (Å²) in [5, 5.41) is 3.31. The number of methoxy groups -OCH3 is 1. The van der Waals surface area contributed by atoms with Crippen molar-refractivity contribution in [2.75, 3.05) is 24.7 Å². The van der Waals surface area contributed by atoms with Gasteiger partial charge in [0.25, 0.3) is 0 Å². The number of benzene rings is 1. The summed E-state index contributed by atoms with van der Waals surface area (Å²) in [4.78, 5) is 0. The van der Waals surface area contributed by atoms with Crippen LogP contribution >= 0.6 is 0 Å². The third kappa shape index (κ3) is 4.91. The molecule has 1 rings (SSSR count). The predicted octanol–water partition coefficient (Wildman–Crippen LogP) is 4.43. The smallest absolute Gasteiger partial charge is 0.167 e. The van der Waals surface area contributed by atoms with Crippen LogP contribution in [0.2, 0.25) is 0 Å². The minimum Gasteiger partial charge on any atom is -0.494 e. The van der Waals surface area contributed by atoms with Crippen molar-refractivity contribution in [1.82, 2.24) is 0 Å². The first kappa shape index (κ1) is 16.6. The molecule has 0 aliphatic rings. The molecule has 1 aromatic carbocycles. The molecule has 0 atom stereocenters. The lowest BCUT2D eigenvalue weighted by atomic mass is 9.87. The van der Waals surface area contributed by atoms with Gasteiger partial charge in [0.2, 0.25) is 0 Å². The maximum absolute atomic E-state index is 13.5. The zero-order chi connectivity index (χ0) is 15.2. The highest BCUT2D eigenvalue weighted by molar-refractivity contribution is 5.68. The van der Waals surface area contributed by atoms with E-state index >= 15 is 0 Å². The number of anilines is 2. The minimum absolute atomic E-state index is 0.184. The zero-order valence-electron chi connectivity index (χ0n) is 13.1. The van der Waals surface area contributed by atoms with E-state index in [-0.39, 0.29) is 11.2 Å². The van der Waals surface area contributed by atoms with Gasteiger partial charge >= 0.3 is 0 Å². The SMILES string of the molecule is CCCCCC(C)(C)CNc1cc(OC)c(F)cc1N. The van der Waals surface area contributed by atoms with Crippen LogP contribution in [0.3, 0.4) is 0 Å². The van der Waals surface area contributed by atoms with E-state index in [4.69, 9.17) is 10.5 Å². The second-order valence-electron chi connectivity index (χ2n) is 6.05. The van der Waals surface area contributed by atoms with Crippen molar-refractivity contribution in [3.05, 3.63) is 17.9 Å². The van der Waals surface area contributed by atoms with Crippen LogP contribution in [-0.4, -0.2) is 13.7 Å². The highest BCUT2D eigenvalue weighted by atomic mass is 19.1. The van der Waals surface area contributed by atoms with Crippen molar-refractivity contribution in [2.45, 2.75) is 46.5 Å². The zero-order valence-corrected chi connectivity index (χ0v) is 13.1. The molecule has 0 amide bonds. The van der Waals surface area contributed by atoms with Crippen LogP contribution in [0, 0.1) is 11.2 Å². The number of hydrogen-bond acceptors (Lipinski definition) is 3. The van der Waals surface area contributed by atoms with E-state index in [1.165, 1.54) is 32.4 Å². The number of nitrogen functional groups attached to an aromatic ring is 1. The molecule has 0 saturated heterocycles. The maximum atomic E-state index is 13.5. The van der Waals surface area contributed by atoms with Crippen molar-refractivity contribution < 1.29 is 9.13 Å². The van der Waals surface area contributed by atoms with Crippen LogP contribution in [0.25, 0.3) is 0 Å². The van der Waals surface area contributed by atoms with Gasteiger partial charge in [-0.3, -0.25) is 0 Å². The fourth-order valence-corrected chi connectivity index (χ4v) is 2.15. The normalized spacial score (nSPS) is 11.4. The number of unbranched alkanes of at least 4 members (excludes halogenated alkanes) is 2. The van der Waals surface area contributed by atoms with Crippen LogP contribution < -0.4 is 15.8 Å². The third-order valence-electron chi connectivity index (χ3n) is 3.54. The van der Waals surface area contributed by atoms with Crippen molar-refractivity contribution in [3.63, 3.8) is 0 Å². The first-order chi connectivity index (χ1) is 9.39. The van der Waals surface area contributed by atoms with Crippen LogP contribution in [0.1, 0.15) is 46.5 Å². The van der Waals surface area contributed by atoms with E-state index in [0.29, 0.717) is 5.69 Å². The van der Waals surface area contributed by atoms with Gasteiger partial charge < -0.3 is 15.8 Å². The van der Waals surface area contributed by atoms with Gasteiger partial charge in [-0.15, -0.1) is 0 Å². The average Bonchev–Trinajstić information content (AvgIpc) is 2.38. The van der Waals surface area contributed by atoms with E-state index in [2.05, 4.69) is 26.1 Å². The fourth-order valence-electron chi connectivity index (χ4n) is 2.15. The molecule has 0 unspecified atom stereocenters. The number of nitrogens with two attached hydrogens (primary N) is 1. The topological polar surface area (TPSA) is 47.3 Å². The van der Waals surface area contributed by atoms with E-state index < -0.39 is 5.82 Å². The molecule has 0 saturated carbocycles. The van der Waals surface area contributed by atoms with E-state index in [9.17, 15) is 4.39 Å². The summed E-state index contributed by atoms with van der Waals surface area (Å²) >= 11 is 0. The Morgan fingerprint density at radius 1 is 1.30 bits per heavy atom. The fraction of sp³-hybridized carbons (Fsp3) is 0.625. The number of hydrogen-bond donors (Lipinski definition) is 2. The summed E-state index contributed by atoms with van der Waals surface area (Å²) in [6.45, 7) is 7.46. The Morgan fingerprint density at radius 3 is 2.60 bits per heavy atom. The van der Waals surface area contributed by atoms with Crippen molar-refractivity contribution in [1.29, 1.82) is 0 Å². The largest absolute Gasteiger partial charge is 0.494 e. The Kier molecular flexibility index (Phi) is 6.11. The monoisotopic (exact) mass is 282 g/mol. The molecule has 3 N–H and O–H groups in total. The molecule has 0 radical (unpaired) electrons. The van der Waals surface area contributed by atoms with E-state index in [1.807, 2.05) is 0 Å². The summed E-state index contributed by atoms with van der Waals surface area (Å²) in [7, 11) is 1.45. The van der Waals surface area contributed by atoms with Crippen LogP contribution in [0.15, 0.2) is 12.1 Å². The van der Waals surface area contributed by atoms with Crippen LogP contribution in [0.5, 0.6) is 5.75 Å². The first-order valence-corrected chi connectivity index (χ1v) is 7.26. The van der Waals surface area contributed by atoms with Crippen LogP contribution in [0.4, 0.5) is 15.8 Å². The molecule has 0 aliphatic carbocycles. The van der Waals surface area contributed by atoms with E-state index in [0.717, 1.165) is 18.7 Å². The van der Waals surface area contributed by atoms with Gasteiger partial charge in [-0.2, -0.15) is 0 Å². The highest BCUT2D eigenvalue weighted by Gasteiger charge is 2.18. The van der Waals surface area contributed by atoms with E-state index in [1.54, 1.807) is 6.07 Å². The quantitative estimate of drug-likeness (QED) is 0.547. The lowest BCUT2D eigenvalue weighted by Gasteiger charge is -2.26. The Morgan fingerprint density at radius 2 is 2.00 bits per heavy atom. The molecule has 4 heteroatoms. The molecule has 0 heterocycles. The summed E-state index contributed by atoms with van der Waals surface area (Å²) in [6, 6.07) is 2.91. The Balaban J connectivity index is 2.64. The van der Waals surface area contributed by atoms with Crippen molar-refractivity contribution >= 4 is 11.4 Å². The Labute approximate surface area is 121 Å². The number of ether oxygens (including phenoxy) is 1. The molecule has 114 valence electrons. The molecule has 0 aliphatic heterocycles. The summed E-state index contributed by atoms with van der Waals surface area (Å²) in [6.07, 6.45) is 4.88. The number of rotatable bonds is 8. The molecule has 0 aromatic heterocycles. The Hall–Kier alpha value is -1.45. The summed E-state index contributed by atoms with van der Waals surface area (Å²) < 4.78 is 18.5. The van der Waals surface area contributed by atoms with Gasteiger partial charge in [-0.05, 0) is 11.8 Å². The molecule has 0 bridgehead atoms. The highest BCUT2D eigenvalue weighted by Crippen LogP contribution is 2.30. The van der Waals surface area contributed by atoms with Gasteiger partial charge in [0.15, 0.2) is 11.6 Å². The second-order valence-corrected chi connectivity index (χ2v) is 6.05. The molecule has 1 aromatic rings. The molecule has 0 spiro atoms. The van der Waals surface area contributed by atoms with Gasteiger partial charge in [0.05, 0.1) is 18.5 Å². The summed E-state index contributed by atoms with van der Waals surface area (Å²) in [5.74, 6) is -0.219. The van der Waals surface area contributed by atoms with Crippen molar-refractivity contribution in [3.8, 4) is 5.75 Å². The molecule has 3 nitrogen and oxygen atoms in total. The van der Waals surface area contributed by atoms with Gasteiger partial charge in [-0.1, -0.05) is 40.0 Å². The number of halogens is 1. The standard InChI is InChI=1S/C16H27FN2O/c1-5-6-7-8-16(2,3)11-19-14-10-15(20-4)12(17)9-13(14)18/h9-10,19H,5-8,11,18H2,1-4H3. The minimum atomic E-state index is -0.433. The Bertz CT molecular complexity index is 433.